The van der Waals surface area contributed by atoms with Crippen LogP contribution in [-0.4, -0.2) is 14.9 Å². The molecule has 102 valence electrons. The first-order valence-electron chi connectivity index (χ1n) is 5.38. The largest absolute Gasteiger partial charge is 0.391 e. The number of halogens is 4. The predicted molar refractivity (Wildman–Crippen MR) is 64.1 cm³/mol. The summed E-state index contributed by atoms with van der Waals surface area (Å²) in [6, 6.07) is 3.81. The SMILES string of the molecule is Cc1cc(F)ccc1-n1nc(C(F)F)c(CO)c1Cl. The van der Waals surface area contributed by atoms with Gasteiger partial charge in [-0.05, 0) is 30.7 Å². The van der Waals surface area contributed by atoms with Crippen LogP contribution < -0.4 is 0 Å². The maximum atomic E-state index is 13.0. The van der Waals surface area contributed by atoms with Crippen LogP contribution in [0.15, 0.2) is 18.2 Å². The Morgan fingerprint density at radius 1 is 1.42 bits per heavy atom. The van der Waals surface area contributed by atoms with Crippen LogP contribution in [0.4, 0.5) is 13.2 Å². The highest BCUT2D eigenvalue weighted by molar-refractivity contribution is 6.30. The minimum Gasteiger partial charge on any atom is -0.391 e. The van der Waals surface area contributed by atoms with Crippen LogP contribution in [0.5, 0.6) is 0 Å². The molecule has 0 spiro atoms. The minimum atomic E-state index is -2.85. The Balaban J connectivity index is 2.63. The van der Waals surface area contributed by atoms with Crippen molar-refractivity contribution < 1.29 is 18.3 Å². The third-order valence-electron chi connectivity index (χ3n) is 2.70. The van der Waals surface area contributed by atoms with Gasteiger partial charge in [-0.1, -0.05) is 11.6 Å². The van der Waals surface area contributed by atoms with E-state index in [0.29, 0.717) is 11.3 Å². The van der Waals surface area contributed by atoms with Crippen LogP contribution in [0.3, 0.4) is 0 Å². The lowest BCUT2D eigenvalue weighted by Gasteiger charge is -2.07. The molecule has 1 aromatic carbocycles. The van der Waals surface area contributed by atoms with Gasteiger partial charge in [-0.2, -0.15) is 5.10 Å². The number of aryl methyl sites for hydroxylation is 1. The summed E-state index contributed by atoms with van der Waals surface area (Å²) in [5.74, 6) is -0.444. The zero-order chi connectivity index (χ0) is 14.2. The molecule has 7 heteroatoms. The molecule has 2 aromatic rings. The van der Waals surface area contributed by atoms with Gasteiger partial charge < -0.3 is 5.11 Å². The maximum absolute atomic E-state index is 13.0. The normalized spacial score (nSPS) is 11.3. The Bertz CT molecular complexity index is 613. The van der Waals surface area contributed by atoms with Crippen molar-refractivity contribution in [1.82, 2.24) is 9.78 Å². The Morgan fingerprint density at radius 2 is 2.11 bits per heavy atom. The third-order valence-corrected chi connectivity index (χ3v) is 3.09. The average molecular weight is 291 g/mol. The summed E-state index contributed by atoms with van der Waals surface area (Å²) in [7, 11) is 0. The topological polar surface area (TPSA) is 38.0 Å². The summed E-state index contributed by atoms with van der Waals surface area (Å²) in [5, 5.41) is 12.7. The lowest BCUT2D eigenvalue weighted by Crippen LogP contribution is -2.00. The molecule has 0 atom stereocenters. The molecule has 0 aliphatic heterocycles. The zero-order valence-electron chi connectivity index (χ0n) is 9.87. The monoisotopic (exact) mass is 290 g/mol. The molecule has 0 amide bonds. The van der Waals surface area contributed by atoms with E-state index in [-0.39, 0.29) is 10.7 Å². The van der Waals surface area contributed by atoms with Crippen molar-refractivity contribution >= 4 is 11.6 Å². The standard InChI is InChI=1S/C12H10ClF3N2O/c1-6-4-7(14)2-3-9(6)18-11(13)8(5-19)10(17-18)12(15)16/h2-4,12,19H,5H2,1H3. The van der Waals surface area contributed by atoms with Crippen LogP contribution in [0.2, 0.25) is 5.15 Å². The van der Waals surface area contributed by atoms with Gasteiger partial charge in [-0.25, -0.2) is 17.9 Å². The first kappa shape index (κ1) is 13.9. The molecule has 0 fully saturated rings. The summed E-state index contributed by atoms with van der Waals surface area (Å²) in [6.45, 7) is 0.968. The second-order valence-corrected chi connectivity index (χ2v) is 4.31. The number of rotatable bonds is 3. The highest BCUT2D eigenvalue weighted by atomic mass is 35.5. The van der Waals surface area contributed by atoms with E-state index in [9.17, 15) is 13.2 Å². The number of benzene rings is 1. The van der Waals surface area contributed by atoms with Crippen LogP contribution >= 0.6 is 11.6 Å². The van der Waals surface area contributed by atoms with E-state index < -0.39 is 24.5 Å². The number of aliphatic hydroxyl groups excluding tert-OH is 1. The lowest BCUT2D eigenvalue weighted by molar-refractivity contribution is 0.141. The number of nitrogens with zero attached hydrogens (tertiary/aromatic N) is 2. The summed E-state index contributed by atoms with van der Waals surface area (Å²) in [6.07, 6.45) is -2.85. The number of hydrogen-bond acceptors (Lipinski definition) is 2. The van der Waals surface area contributed by atoms with Crippen molar-refractivity contribution in [2.75, 3.05) is 0 Å². The molecule has 0 bridgehead atoms. The van der Waals surface area contributed by atoms with Gasteiger partial charge in [-0.3, -0.25) is 0 Å². The fourth-order valence-electron chi connectivity index (χ4n) is 1.78. The molecule has 1 heterocycles. The molecule has 0 saturated carbocycles. The second kappa shape index (κ2) is 5.22. The van der Waals surface area contributed by atoms with Crippen molar-refractivity contribution in [3.8, 4) is 5.69 Å². The Hall–Kier alpha value is -1.53. The van der Waals surface area contributed by atoms with Gasteiger partial charge in [0, 0.05) is 5.56 Å². The second-order valence-electron chi connectivity index (χ2n) is 3.96. The van der Waals surface area contributed by atoms with Gasteiger partial charge in [0.25, 0.3) is 6.43 Å². The van der Waals surface area contributed by atoms with Crippen molar-refractivity contribution in [3.05, 3.63) is 46.0 Å². The first-order chi connectivity index (χ1) is 8.95. The van der Waals surface area contributed by atoms with Gasteiger partial charge in [0.15, 0.2) is 0 Å². The van der Waals surface area contributed by atoms with Crippen molar-refractivity contribution in [2.45, 2.75) is 20.0 Å². The molecule has 0 unspecified atom stereocenters. The highest BCUT2D eigenvalue weighted by Crippen LogP contribution is 2.30. The van der Waals surface area contributed by atoms with E-state index in [1.807, 2.05) is 0 Å². The molecule has 3 nitrogen and oxygen atoms in total. The molecule has 2 rings (SSSR count). The van der Waals surface area contributed by atoms with Crippen molar-refractivity contribution in [3.63, 3.8) is 0 Å². The molecule has 0 aliphatic rings. The van der Waals surface area contributed by atoms with Crippen molar-refractivity contribution in [2.24, 2.45) is 0 Å². The molecule has 19 heavy (non-hydrogen) atoms. The predicted octanol–water partition coefficient (Wildman–Crippen LogP) is 3.40. The van der Waals surface area contributed by atoms with E-state index in [2.05, 4.69) is 5.10 Å². The van der Waals surface area contributed by atoms with E-state index >= 15 is 0 Å². The highest BCUT2D eigenvalue weighted by Gasteiger charge is 2.23. The van der Waals surface area contributed by atoms with E-state index in [1.54, 1.807) is 6.92 Å². The van der Waals surface area contributed by atoms with Crippen LogP contribution in [-0.2, 0) is 6.61 Å². The zero-order valence-corrected chi connectivity index (χ0v) is 10.6. The summed E-state index contributed by atoms with van der Waals surface area (Å²) in [5.41, 5.74) is 0.180. The van der Waals surface area contributed by atoms with Crippen LogP contribution in [0.1, 0.15) is 23.2 Å². The van der Waals surface area contributed by atoms with Crippen LogP contribution in [0.25, 0.3) is 5.69 Å². The minimum absolute atomic E-state index is 0.104. The molecule has 1 aromatic heterocycles. The number of hydrogen-bond donors (Lipinski definition) is 1. The van der Waals surface area contributed by atoms with Gasteiger partial charge in [0.2, 0.25) is 0 Å². The van der Waals surface area contributed by atoms with Gasteiger partial charge in [0.05, 0.1) is 12.3 Å². The summed E-state index contributed by atoms with van der Waals surface area (Å²) in [4.78, 5) is 0. The fourth-order valence-corrected chi connectivity index (χ4v) is 2.07. The van der Waals surface area contributed by atoms with E-state index in [1.165, 1.54) is 18.2 Å². The van der Waals surface area contributed by atoms with Crippen molar-refractivity contribution in [1.29, 1.82) is 0 Å². The average Bonchev–Trinajstić information content (AvgIpc) is 2.66. The number of aromatic nitrogens is 2. The van der Waals surface area contributed by atoms with E-state index in [4.69, 9.17) is 16.7 Å². The maximum Gasteiger partial charge on any atom is 0.282 e. The Labute approximate surface area is 112 Å². The third kappa shape index (κ3) is 2.46. The lowest BCUT2D eigenvalue weighted by atomic mass is 10.2. The Kier molecular flexibility index (Phi) is 3.82. The first-order valence-corrected chi connectivity index (χ1v) is 5.76. The van der Waals surface area contributed by atoms with Gasteiger partial charge >= 0.3 is 0 Å². The number of alkyl halides is 2. The molecular weight excluding hydrogens is 281 g/mol. The molecule has 1 N–H and O–H groups in total. The Morgan fingerprint density at radius 3 is 2.58 bits per heavy atom. The smallest absolute Gasteiger partial charge is 0.282 e. The van der Waals surface area contributed by atoms with Gasteiger partial charge in [0.1, 0.15) is 16.7 Å². The summed E-state index contributed by atoms with van der Waals surface area (Å²) < 4.78 is 39.7. The molecule has 0 saturated heterocycles. The molecule has 0 aliphatic carbocycles. The fraction of sp³-hybridized carbons (Fsp3) is 0.250. The molecular formula is C12H10ClF3N2O. The summed E-state index contributed by atoms with van der Waals surface area (Å²) >= 11 is 5.93. The van der Waals surface area contributed by atoms with Crippen LogP contribution in [0, 0.1) is 12.7 Å². The van der Waals surface area contributed by atoms with E-state index in [0.717, 1.165) is 4.68 Å². The van der Waals surface area contributed by atoms with Gasteiger partial charge in [-0.15, -0.1) is 0 Å². The molecule has 0 radical (unpaired) electrons. The quantitative estimate of drug-likeness (QED) is 0.941. The number of aliphatic hydroxyl groups is 1.